The molecule has 8 heteroatoms. The average molecular weight is 488 g/mol. The van der Waals surface area contributed by atoms with Gasteiger partial charge in [0.1, 0.15) is 0 Å². The summed E-state index contributed by atoms with van der Waals surface area (Å²) >= 11 is 0. The number of hydrogen-bond acceptors (Lipinski definition) is 6. The molecule has 2 saturated heterocycles. The smallest absolute Gasteiger partial charge is 0.241 e. The Labute approximate surface area is 211 Å². The van der Waals surface area contributed by atoms with Gasteiger partial charge in [0.15, 0.2) is 0 Å². The van der Waals surface area contributed by atoms with Gasteiger partial charge in [-0.3, -0.25) is 14.5 Å². The molecule has 1 atom stereocenters. The van der Waals surface area contributed by atoms with E-state index in [1.54, 1.807) is 0 Å². The Kier molecular flexibility index (Phi) is 7.41. The summed E-state index contributed by atoms with van der Waals surface area (Å²) in [6, 6.07) is 16.2. The molecule has 1 unspecified atom stereocenters. The first-order chi connectivity index (χ1) is 17.5. The molecule has 3 heterocycles. The second-order valence-corrected chi connectivity index (χ2v) is 9.91. The van der Waals surface area contributed by atoms with Crippen molar-refractivity contribution in [1.29, 1.82) is 0 Å². The summed E-state index contributed by atoms with van der Waals surface area (Å²) in [6.45, 7) is 6.19. The lowest BCUT2D eigenvalue weighted by molar-refractivity contribution is -0.128. The molecule has 36 heavy (non-hydrogen) atoms. The molecular formula is C28H33N5O3. The van der Waals surface area contributed by atoms with Crippen LogP contribution in [0.15, 0.2) is 53.1 Å². The first-order valence-corrected chi connectivity index (χ1v) is 12.8. The van der Waals surface area contributed by atoms with E-state index in [9.17, 15) is 9.59 Å². The van der Waals surface area contributed by atoms with E-state index >= 15 is 0 Å². The number of benzene rings is 2. The largest absolute Gasteiger partial charge is 0.352 e. The molecule has 3 aromatic rings. The van der Waals surface area contributed by atoms with E-state index in [0.717, 1.165) is 49.0 Å². The Morgan fingerprint density at radius 3 is 2.56 bits per heavy atom. The number of amides is 2. The predicted octanol–water partition coefficient (Wildman–Crippen LogP) is 3.70. The number of nitrogens with one attached hydrogen (secondary N) is 1. The number of carbonyl (C=O) groups is 2. The number of piperidine rings is 1. The van der Waals surface area contributed by atoms with E-state index < -0.39 is 0 Å². The van der Waals surface area contributed by atoms with Crippen molar-refractivity contribution in [3.63, 3.8) is 0 Å². The lowest BCUT2D eigenvalue weighted by Gasteiger charge is -2.30. The summed E-state index contributed by atoms with van der Waals surface area (Å²) in [5.74, 6) is 1.42. The summed E-state index contributed by atoms with van der Waals surface area (Å²) in [7, 11) is 0. The van der Waals surface area contributed by atoms with Crippen molar-refractivity contribution in [2.24, 2.45) is 5.92 Å². The molecule has 188 valence electrons. The van der Waals surface area contributed by atoms with Gasteiger partial charge in [0.25, 0.3) is 0 Å². The van der Waals surface area contributed by atoms with Crippen LogP contribution in [0, 0.1) is 12.8 Å². The summed E-state index contributed by atoms with van der Waals surface area (Å²) in [4.78, 5) is 33.4. The standard InChI is InChI=1S/C28H33N5O3/c1-20-6-12-23(13-7-20)27-30-25(36-31-27)19-32-14-2-4-24(18-32)28(35)29-16-21-8-10-22(11-9-21)17-33-15-3-5-26(33)34/h6-13,24H,2-5,14-19H2,1H3,(H,29,35). The first-order valence-electron chi connectivity index (χ1n) is 12.8. The molecule has 0 bridgehead atoms. The zero-order valence-electron chi connectivity index (χ0n) is 20.8. The minimum absolute atomic E-state index is 0.0568. The number of aryl methyl sites for hydroxylation is 1. The van der Waals surface area contributed by atoms with Crippen LogP contribution in [0.1, 0.15) is 48.3 Å². The Bertz CT molecular complexity index is 1190. The lowest BCUT2D eigenvalue weighted by Crippen LogP contribution is -2.42. The third-order valence-corrected chi connectivity index (χ3v) is 7.05. The minimum atomic E-state index is -0.0568. The highest BCUT2D eigenvalue weighted by Gasteiger charge is 2.27. The molecule has 2 aromatic carbocycles. The van der Waals surface area contributed by atoms with Gasteiger partial charge < -0.3 is 14.7 Å². The normalized spacial score (nSPS) is 18.5. The number of rotatable bonds is 8. The SMILES string of the molecule is Cc1ccc(-c2noc(CN3CCCC(C(=O)NCc4ccc(CN5CCCC5=O)cc4)C3)n2)cc1. The van der Waals surface area contributed by atoms with Crippen LogP contribution in [-0.4, -0.2) is 51.4 Å². The van der Waals surface area contributed by atoms with Gasteiger partial charge in [-0.1, -0.05) is 59.3 Å². The number of carbonyl (C=O) groups excluding carboxylic acids is 2. The van der Waals surface area contributed by atoms with Gasteiger partial charge in [-0.2, -0.15) is 4.98 Å². The van der Waals surface area contributed by atoms with Gasteiger partial charge in [0, 0.05) is 38.2 Å². The molecule has 0 spiro atoms. The molecule has 0 saturated carbocycles. The monoisotopic (exact) mass is 487 g/mol. The maximum absolute atomic E-state index is 12.9. The second kappa shape index (κ2) is 11.0. The number of aromatic nitrogens is 2. The summed E-state index contributed by atoms with van der Waals surface area (Å²) in [5.41, 5.74) is 4.30. The van der Waals surface area contributed by atoms with Crippen molar-refractivity contribution in [1.82, 2.24) is 25.3 Å². The Hall–Kier alpha value is -3.52. The van der Waals surface area contributed by atoms with Crippen molar-refractivity contribution >= 4 is 11.8 Å². The Morgan fingerprint density at radius 1 is 1.03 bits per heavy atom. The van der Waals surface area contributed by atoms with Crippen molar-refractivity contribution < 1.29 is 14.1 Å². The fourth-order valence-corrected chi connectivity index (χ4v) is 4.93. The molecule has 5 rings (SSSR count). The highest BCUT2D eigenvalue weighted by molar-refractivity contribution is 5.79. The summed E-state index contributed by atoms with van der Waals surface area (Å²) in [5, 5.41) is 7.23. The molecule has 8 nitrogen and oxygen atoms in total. The number of nitrogens with zero attached hydrogens (tertiary/aromatic N) is 4. The van der Waals surface area contributed by atoms with Gasteiger partial charge >= 0.3 is 0 Å². The Balaban J connectivity index is 1.09. The van der Waals surface area contributed by atoms with Crippen LogP contribution in [0.3, 0.4) is 0 Å². The summed E-state index contributed by atoms with van der Waals surface area (Å²) in [6.07, 6.45) is 3.45. The molecular weight excluding hydrogens is 454 g/mol. The minimum Gasteiger partial charge on any atom is -0.352 e. The fourth-order valence-electron chi connectivity index (χ4n) is 4.93. The van der Waals surface area contributed by atoms with Gasteiger partial charge in [0.2, 0.25) is 23.5 Å². The zero-order valence-corrected chi connectivity index (χ0v) is 20.8. The van der Waals surface area contributed by atoms with Crippen LogP contribution in [0.2, 0.25) is 0 Å². The van der Waals surface area contributed by atoms with Crippen molar-refractivity contribution in [3.8, 4) is 11.4 Å². The van der Waals surface area contributed by atoms with Crippen LogP contribution in [0.4, 0.5) is 0 Å². The zero-order chi connectivity index (χ0) is 24.9. The van der Waals surface area contributed by atoms with Crippen LogP contribution < -0.4 is 5.32 Å². The molecule has 0 aliphatic carbocycles. The molecule has 2 aliphatic heterocycles. The molecule has 2 amide bonds. The van der Waals surface area contributed by atoms with Gasteiger partial charge in [-0.25, -0.2) is 0 Å². The van der Waals surface area contributed by atoms with Crippen molar-refractivity contribution in [2.75, 3.05) is 19.6 Å². The van der Waals surface area contributed by atoms with Crippen molar-refractivity contribution in [3.05, 3.63) is 71.1 Å². The van der Waals surface area contributed by atoms with E-state index in [1.165, 1.54) is 5.56 Å². The summed E-state index contributed by atoms with van der Waals surface area (Å²) < 4.78 is 5.49. The quantitative estimate of drug-likeness (QED) is 0.521. The topological polar surface area (TPSA) is 91.6 Å². The average Bonchev–Trinajstić information content (AvgIpc) is 3.53. The Morgan fingerprint density at radius 2 is 1.81 bits per heavy atom. The van der Waals surface area contributed by atoms with Crippen LogP contribution in [-0.2, 0) is 29.2 Å². The predicted molar refractivity (Wildman–Crippen MR) is 135 cm³/mol. The van der Waals surface area contributed by atoms with E-state index in [2.05, 4.69) is 20.4 Å². The first kappa shape index (κ1) is 24.2. The van der Waals surface area contributed by atoms with Crippen LogP contribution >= 0.6 is 0 Å². The maximum atomic E-state index is 12.9. The fraction of sp³-hybridized carbons (Fsp3) is 0.429. The lowest BCUT2D eigenvalue weighted by atomic mass is 9.97. The molecule has 0 radical (unpaired) electrons. The highest BCUT2D eigenvalue weighted by atomic mass is 16.5. The van der Waals surface area contributed by atoms with Crippen LogP contribution in [0.25, 0.3) is 11.4 Å². The molecule has 1 aromatic heterocycles. The van der Waals surface area contributed by atoms with Gasteiger partial charge in [-0.15, -0.1) is 0 Å². The van der Waals surface area contributed by atoms with E-state index in [-0.39, 0.29) is 17.7 Å². The van der Waals surface area contributed by atoms with Crippen molar-refractivity contribution in [2.45, 2.75) is 52.2 Å². The van der Waals surface area contributed by atoms with Gasteiger partial charge in [-0.05, 0) is 43.9 Å². The van der Waals surface area contributed by atoms with E-state index in [4.69, 9.17) is 4.52 Å². The molecule has 2 aliphatic rings. The van der Waals surface area contributed by atoms with Gasteiger partial charge in [0.05, 0.1) is 12.5 Å². The molecule has 1 N–H and O–H groups in total. The van der Waals surface area contributed by atoms with E-state index in [1.807, 2.05) is 60.4 Å². The third kappa shape index (κ3) is 5.99. The molecule has 2 fully saturated rings. The number of hydrogen-bond donors (Lipinski definition) is 1. The highest BCUT2D eigenvalue weighted by Crippen LogP contribution is 2.21. The van der Waals surface area contributed by atoms with E-state index in [0.29, 0.717) is 44.3 Å². The number of likely N-dealkylation sites (tertiary alicyclic amines) is 2. The van der Waals surface area contributed by atoms with Crippen LogP contribution in [0.5, 0.6) is 0 Å². The maximum Gasteiger partial charge on any atom is 0.241 e. The second-order valence-electron chi connectivity index (χ2n) is 9.91. The third-order valence-electron chi connectivity index (χ3n) is 7.05.